The number of benzene rings is 2. The van der Waals surface area contributed by atoms with Crippen molar-refractivity contribution in [3.63, 3.8) is 0 Å². The molecule has 0 spiro atoms. The monoisotopic (exact) mass is 733 g/mol. The number of fused-ring (bicyclic) bond motifs is 4. The molecule has 2 aliphatic heterocycles. The fourth-order valence-electron chi connectivity index (χ4n) is 7.22. The number of nitro groups is 1. The number of phenols is 1. The molecule has 2 aromatic rings. The van der Waals surface area contributed by atoms with Crippen LogP contribution in [0.2, 0.25) is 0 Å². The summed E-state index contributed by atoms with van der Waals surface area (Å²) in [5.74, 6) is -6.07. The molecule has 6 rings (SSSR count). The number of alkyl halides is 3. The maximum absolute atomic E-state index is 14.1. The number of hydrogen-bond acceptors (Lipinski definition) is 9. The average molecular weight is 735 g/mol. The first-order chi connectivity index (χ1) is 21.8. The molecule has 4 amide bonds. The number of allylic oxidation sites excluding steroid dienone is 3. The topological polar surface area (TPSA) is 157 Å². The largest absolute Gasteiger partial charge is 0.502 e. The molecule has 1 saturated carbocycles. The van der Waals surface area contributed by atoms with Crippen LogP contribution in [0.1, 0.15) is 18.4 Å². The number of aromatic hydroxyl groups is 1. The molecule has 0 aromatic heterocycles. The summed E-state index contributed by atoms with van der Waals surface area (Å²) >= 11 is 17.6. The molecular weight excluding hydrogens is 709 g/mol. The lowest BCUT2D eigenvalue weighted by molar-refractivity contribution is -0.384. The molecule has 2 aliphatic carbocycles. The van der Waals surface area contributed by atoms with E-state index in [1.165, 1.54) is 44.6 Å². The fraction of sp³-hybridized carbons (Fsp3) is 0.355. The first-order valence-electron chi connectivity index (χ1n) is 14.1. The van der Waals surface area contributed by atoms with Gasteiger partial charge in [0.05, 0.1) is 42.1 Å². The Morgan fingerprint density at radius 3 is 2.35 bits per heavy atom. The highest BCUT2D eigenvalue weighted by molar-refractivity contribution is 9.09. The summed E-state index contributed by atoms with van der Waals surface area (Å²) in [5.41, 5.74) is 0.688. The smallest absolute Gasteiger partial charge is 0.271 e. The SMILES string of the molecule is COc1cc(C=C[C@H]2C3=CC[C@@H]4C(=O)N(c5cccc([N+](=O)[O-])c5)C(=O)[C@@H]4[C@@H]3C[C@@]3(Cl)C(=O)N(CBr)C(=O)[C@@]23Cl)cc(OC)c1O. The lowest BCUT2D eigenvalue weighted by Crippen LogP contribution is -2.60. The van der Waals surface area contributed by atoms with Crippen LogP contribution in [0, 0.1) is 33.8 Å². The van der Waals surface area contributed by atoms with Crippen molar-refractivity contribution in [2.75, 3.05) is 24.6 Å². The quantitative estimate of drug-likeness (QED) is 0.106. The van der Waals surface area contributed by atoms with Gasteiger partial charge in [-0.15, -0.1) is 23.2 Å². The van der Waals surface area contributed by atoms with Gasteiger partial charge < -0.3 is 14.6 Å². The third-order valence-electron chi connectivity index (χ3n) is 9.35. The number of methoxy groups -OCH3 is 2. The van der Waals surface area contributed by atoms with Crippen molar-refractivity contribution in [3.05, 3.63) is 69.8 Å². The maximum atomic E-state index is 14.1. The number of carbonyl (C=O) groups excluding carboxylic acids is 4. The van der Waals surface area contributed by atoms with Gasteiger partial charge in [0.2, 0.25) is 17.6 Å². The maximum Gasteiger partial charge on any atom is 0.271 e. The van der Waals surface area contributed by atoms with Crippen molar-refractivity contribution in [2.45, 2.75) is 22.6 Å². The average Bonchev–Trinajstić information content (AvgIpc) is 3.38. The third-order valence-corrected chi connectivity index (χ3v) is 11.3. The fourth-order valence-corrected chi connectivity index (χ4v) is 8.60. The van der Waals surface area contributed by atoms with E-state index in [0.717, 1.165) is 15.9 Å². The van der Waals surface area contributed by atoms with Gasteiger partial charge in [0, 0.05) is 18.1 Å². The number of amides is 4. The zero-order valence-corrected chi connectivity index (χ0v) is 27.4. The van der Waals surface area contributed by atoms with Crippen LogP contribution in [0.25, 0.3) is 6.08 Å². The molecule has 0 bridgehead atoms. The van der Waals surface area contributed by atoms with Crippen LogP contribution in [-0.4, -0.2) is 68.0 Å². The van der Waals surface area contributed by atoms with Crippen molar-refractivity contribution in [1.29, 1.82) is 0 Å². The number of likely N-dealkylation sites (tertiary alicyclic amines) is 1. The highest BCUT2D eigenvalue weighted by atomic mass is 79.9. The van der Waals surface area contributed by atoms with Crippen LogP contribution in [0.5, 0.6) is 17.2 Å². The summed E-state index contributed by atoms with van der Waals surface area (Å²) in [6.45, 7) is 0. The van der Waals surface area contributed by atoms with Gasteiger partial charge >= 0.3 is 0 Å². The van der Waals surface area contributed by atoms with Crippen molar-refractivity contribution in [2.24, 2.45) is 23.7 Å². The first kappa shape index (κ1) is 32.0. The van der Waals surface area contributed by atoms with Crippen LogP contribution in [0.3, 0.4) is 0 Å². The van der Waals surface area contributed by atoms with Crippen molar-refractivity contribution in [1.82, 2.24) is 4.90 Å². The van der Waals surface area contributed by atoms with Gasteiger partial charge in [0.25, 0.3) is 17.5 Å². The highest BCUT2D eigenvalue weighted by Crippen LogP contribution is 2.63. The van der Waals surface area contributed by atoms with Crippen molar-refractivity contribution >= 4 is 80.2 Å². The van der Waals surface area contributed by atoms with Gasteiger partial charge in [-0.05, 0) is 42.5 Å². The van der Waals surface area contributed by atoms with Crippen LogP contribution in [0.4, 0.5) is 11.4 Å². The Labute approximate surface area is 280 Å². The Bertz CT molecular complexity index is 1760. The van der Waals surface area contributed by atoms with E-state index in [0.29, 0.717) is 11.1 Å². The standard InChI is InChI=1S/C31H26BrCl2N3O9/c1-45-22-10-15(11-23(46-2)25(22)38)6-9-21-18-7-8-19-24(20(18)13-30(33)28(41)35(14-32)29(42)31(21,30)34)27(40)36(26(19)39)16-4-3-5-17(12-16)37(43)44/h3-7,9-12,19-21,24,38H,8,13-14H2,1-2H3/t19-,20+,21-,24-,30+,31-/m0/s1. The van der Waals surface area contributed by atoms with Gasteiger partial charge in [-0.1, -0.05) is 45.8 Å². The number of anilines is 1. The second kappa shape index (κ2) is 11.4. The number of rotatable bonds is 7. The minimum Gasteiger partial charge on any atom is -0.502 e. The lowest BCUT2D eigenvalue weighted by atomic mass is 9.57. The molecule has 6 atom stereocenters. The molecule has 3 fully saturated rings. The second-order valence-electron chi connectivity index (χ2n) is 11.5. The highest BCUT2D eigenvalue weighted by Gasteiger charge is 2.75. The molecule has 0 radical (unpaired) electrons. The predicted octanol–water partition coefficient (Wildman–Crippen LogP) is 4.78. The normalized spacial score (nSPS) is 30.3. The van der Waals surface area contributed by atoms with Gasteiger partial charge in [-0.25, -0.2) is 4.90 Å². The van der Waals surface area contributed by atoms with E-state index < -0.39 is 62.0 Å². The number of phenolic OH excluding ortho intramolecular Hbond substituents is 1. The van der Waals surface area contributed by atoms with E-state index in [2.05, 4.69) is 15.9 Å². The molecule has 46 heavy (non-hydrogen) atoms. The van der Waals surface area contributed by atoms with E-state index in [-0.39, 0.29) is 46.9 Å². The summed E-state index contributed by atoms with van der Waals surface area (Å²) in [5, 5.41) is 21.8. The summed E-state index contributed by atoms with van der Waals surface area (Å²) in [6, 6.07) is 8.33. The van der Waals surface area contributed by atoms with Gasteiger partial charge in [-0.3, -0.25) is 34.2 Å². The summed E-state index contributed by atoms with van der Waals surface area (Å²) in [4.78, 5) is 64.1. The Hall–Kier alpha value is -3.94. The third kappa shape index (κ3) is 4.39. The zero-order chi connectivity index (χ0) is 33.3. The Morgan fingerprint density at radius 1 is 1.07 bits per heavy atom. The number of hydrogen-bond donors (Lipinski definition) is 1. The Balaban J connectivity index is 1.47. The van der Waals surface area contributed by atoms with Gasteiger partial charge in [-0.2, -0.15) is 0 Å². The molecular formula is C31H26BrCl2N3O9. The minimum absolute atomic E-state index is 0.0625. The van der Waals surface area contributed by atoms with Crippen molar-refractivity contribution < 1.29 is 38.7 Å². The van der Waals surface area contributed by atoms with E-state index in [9.17, 15) is 34.4 Å². The van der Waals surface area contributed by atoms with E-state index in [4.69, 9.17) is 32.7 Å². The summed E-state index contributed by atoms with van der Waals surface area (Å²) < 4.78 is 10.5. The van der Waals surface area contributed by atoms with Gasteiger partial charge in [0.15, 0.2) is 21.2 Å². The molecule has 4 aliphatic rings. The lowest BCUT2D eigenvalue weighted by Gasteiger charge is -2.49. The van der Waals surface area contributed by atoms with Crippen LogP contribution >= 0.6 is 39.1 Å². The number of nitrogens with zero attached hydrogens (tertiary/aromatic N) is 3. The summed E-state index contributed by atoms with van der Waals surface area (Å²) in [7, 11) is 2.75. The number of halogens is 3. The second-order valence-corrected chi connectivity index (χ2v) is 13.2. The van der Waals surface area contributed by atoms with Crippen LogP contribution < -0.4 is 14.4 Å². The van der Waals surface area contributed by atoms with Crippen LogP contribution in [-0.2, 0) is 19.2 Å². The number of nitro benzene ring substituents is 1. The molecule has 2 aromatic carbocycles. The first-order valence-corrected chi connectivity index (χ1v) is 16.0. The molecule has 0 unspecified atom stereocenters. The number of carbonyl (C=O) groups is 4. The predicted molar refractivity (Wildman–Crippen MR) is 170 cm³/mol. The Kier molecular flexibility index (Phi) is 7.93. The molecule has 240 valence electrons. The molecule has 2 saturated heterocycles. The van der Waals surface area contributed by atoms with Crippen LogP contribution in [0.15, 0.2) is 54.1 Å². The minimum atomic E-state index is -1.98. The molecule has 1 N–H and O–H groups in total. The number of imide groups is 2. The number of non-ortho nitro benzene ring substituents is 1. The number of ether oxygens (including phenoxy) is 2. The van der Waals surface area contributed by atoms with Gasteiger partial charge in [0.1, 0.15) is 0 Å². The zero-order valence-electron chi connectivity index (χ0n) is 24.3. The van der Waals surface area contributed by atoms with E-state index in [1.807, 2.05) is 0 Å². The molecule has 15 heteroatoms. The van der Waals surface area contributed by atoms with E-state index in [1.54, 1.807) is 18.2 Å². The molecule has 2 heterocycles. The van der Waals surface area contributed by atoms with Crippen molar-refractivity contribution in [3.8, 4) is 17.2 Å². The Morgan fingerprint density at radius 2 is 1.74 bits per heavy atom. The summed E-state index contributed by atoms with van der Waals surface area (Å²) in [6.07, 6.45) is 4.94. The molecule has 12 nitrogen and oxygen atoms in total. The van der Waals surface area contributed by atoms with E-state index >= 15 is 0 Å².